The number of thioether (sulfide) groups is 1. The fourth-order valence-corrected chi connectivity index (χ4v) is 2.84. The van der Waals surface area contributed by atoms with E-state index in [0.29, 0.717) is 17.5 Å². The lowest BCUT2D eigenvalue weighted by Crippen LogP contribution is -2.14. The SMILES string of the molecule is COc1ccccc1NC(=O)CSc1ccc(C(F)(F)F)cc1[N+](=O)[O-]. The lowest BCUT2D eigenvalue weighted by atomic mass is 10.2. The maximum atomic E-state index is 12.7. The minimum absolute atomic E-state index is 0.0295. The molecule has 0 aromatic heterocycles. The second-order valence-electron chi connectivity index (χ2n) is 4.97. The lowest BCUT2D eigenvalue weighted by molar-refractivity contribution is -0.388. The van der Waals surface area contributed by atoms with E-state index in [1.165, 1.54) is 7.11 Å². The minimum Gasteiger partial charge on any atom is -0.495 e. The fraction of sp³-hybridized carbons (Fsp3) is 0.188. The summed E-state index contributed by atoms with van der Waals surface area (Å²) in [6.07, 6.45) is -4.69. The van der Waals surface area contributed by atoms with Crippen molar-refractivity contribution in [1.29, 1.82) is 0 Å². The van der Waals surface area contributed by atoms with Crippen molar-refractivity contribution in [3.8, 4) is 5.75 Å². The van der Waals surface area contributed by atoms with E-state index in [1.807, 2.05) is 0 Å². The van der Waals surface area contributed by atoms with Crippen LogP contribution in [0.4, 0.5) is 24.5 Å². The van der Waals surface area contributed by atoms with Crippen molar-refractivity contribution in [3.63, 3.8) is 0 Å². The summed E-state index contributed by atoms with van der Waals surface area (Å²) in [6, 6.07) is 8.85. The van der Waals surface area contributed by atoms with E-state index in [0.717, 1.165) is 23.9 Å². The van der Waals surface area contributed by atoms with E-state index >= 15 is 0 Å². The Hall–Kier alpha value is -2.75. The van der Waals surface area contributed by atoms with Crippen molar-refractivity contribution >= 4 is 29.0 Å². The highest BCUT2D eigenvalue weighted by molar-refractivity contribution is 8.00. The van der Waals surface area contributed by atoms with Crippen molar-refractivity contribution in [2.24, 2.45) is 0 Å². The van der Waals surface area contributed by atoms with Crippen LogP contribution < -0.4 is 10.1 Å². The van der Waals surface area contributed by atoms with Crippen LogP contribution in [0.3, 0.4) is 0 Å². The van der Waals surface area contributed by atoms with Gasteiger partial charge in [-0.15, -0.1) is 11.8 Å². The number of amides is 1. The Bertz CT molecular complexity index is 827. The molecule has 2 aromatic carbocycles. The van der Waals surface area contributed by atoms with Crippen LogP contribution >= 0.6 is 11.8 Å². The zero-order chi connectivity index (χ0) is 19.3. The van der Waals surface area contributed by atoms with Crippen LogP contribution in [0.1, 0.15) is 5.56 Å². The molecule has 0 aliphatic carbocycles. The van der Waals surface area contributed by atoms with Gasteiger partial charge in [-0.3, -0.25) is 14.9 Å². The summed E-state index contributed by atoms with van der Waals surface area (Å²) in [7, 11) is 1.44. The first-order chi connectivity index (χ1) is 12.2. The van der Waals surface area contributed by atoms with Crippen LogP contribution in [0.5, 0.6) is 5.75 Å². The zero-order valence-electron chi connectivity index (χ0n) is 13.4. The molecule has 0 aliphatic heterocycles. The summed E-state index contributed by atoms with van der Waals surface area (Å²) in [5, 5.41) is 13.6. The van der Waals surface area contributed by atoms with Gasteiger partial charge in [0.25, 0.3) is 5.69 Å². The molecule has 0 bridgehead atoms. The van der Waals surface area contributed by atoms with Gasteiger partial charge in [0.15, 0.2) is 0 Å². The number of para-hydroxylation sites is 2. The molecular formula is C16H13F3N2O4S. The van der Waals surface area contributed by atoms with Gasteiger partial charge < -0.3 is 10.1 Å². The number of anilines is 1. The number of alkyl halides is 3. The van der Waals surface area contributed by atoms with Crippen LogP contribution in [0.25, 0.3) is 0 Å². The molecule has 26 heavy (non-hydrogen) atoms. The number of benzene rings is 2. The van der Waals surface area contributed by atoms with Gasteiger partial charge in [0, 0.05) is 6.07 Å². The maximum absolute atomic E-state index is 12.7. The highest BCUT2D eigenvalue weighted by atomic mass is 32.2. The third-order valence-electron chi connectivity index (χ3n) is 3.22. The van der Waals surface area contributed by atoms with E-state index < -0.39 is 28.3 Å². The first kappa shape index (κ1) is 19.6. The Labute approximate surface area is 150 Å². The van der Waals surface area contributed by atoms with Gasteiger partial charge in [0.05, 0.1) is 33.9 Å². The third kappa shape index (κ3) is 4.88. The number of carbonyl (C=O) groups excluding carboxylic acids is 1. The smallest absolute Gasteiger partial charge is 0.416 e. The molecule has 2 aromatic rings. The molecule has 0 heterocycles. The van der Waals surface area contributed by atoms with Crippen LogP contribution in [0, 0.1) is 10.1 Å². The summed E-state index contributed by atoms with van der Waals surface area (Å²) >= 11 is 0.774. The van der Waals surface area contributed by atoms with Crippen molar-refractivity contribution in [3.05, 3.63) is 58.1 Å². The molecular weight excluding hydrogens is 373 g/mol. The molecule has 1 N–H and O–H groups in total. The number of hydrogen-bond acceptors (Lipinski definition) is 5. The second-order valence-corrected chi connectivity index (χ2v) is 5.99. The van der Waals surface area contributed by atoms with Crippen LogP contribution in [0.15, 0.2) is 47.4 Å². The molecule has 1 amide bonds. The van der Waals surface area contributed by atoms with Crippen LogP contribution in [-0.2, 0) is 11.0 Å². The fourth-order valence-electron chi connectivity index (χ4n) is 2.04. The molecule has 0 aliphatic rings. The Kier molecular flexibility index (Phi) is 6.09. The molecule has 0 radical (unpaired) electrons. The number of methoxy groups -OCH3 is 1. The predicted octanol–water partition coefficient (Wildman–Crippen LogP) is 4.35. The highest BCUT2D eigenvalue weighted by Crippen LogP contribution is 2.36. The van der Waals surface area contributed by atoms with E-state index in [-0.39, 0.29) is 10.6 Å². The average molecular weight is 386 g/mol. The number of hydrogen-bond donors (Lipinski definition) is 1. The number of ether oxygens (including phenoxy) is 1. The standard InChI is InChI=1S/C16H13F3N2O4S/c1-25-13-5-3-2-4-11(13)20-15(22)9-26-14-7-6-10(16(17,18)19)8-12(14)21(23)24/h2-8H,9H2,1H3,(H,20,22). The van der Waals surface area contributed by atoms with E-state index in [9.17, 15) is 28.1 Å². The van der Waals surface area contributed by atoms with Crippen LogP contribution in [-0.4, -0.2) is 23.7 Å². The highest BCUT2D eigenvalue weighted by Gasteiger charge is 2.33. The van der Waals surface area contributed by atoms with Gasteiger partial charge in [-0.05, 0) is 24.3 Å². The second kappa shape index (κ2) is 8.09. The van der Waals surface area contributed by atoms with Crippen molar-refractivity contribution in [2.75, 3.05) is 18.2 Å². The number of nitro benzene ring substituents is 1. The van der Waals surface area contributed by atoms with Gasteiger partial charge in [0.1, 0.15) is 5.75 Å². The Balaban J connectivity index is 2.11. The van der Waals surface area contributed by atoms with Gasteiger partial charge in [0.2, 0.25) is 5.91 Å². The molecule has 6 nitrogen and oxygen atoms in total. The van der Waals surface area contributed by atoms with Crippen molar-refractivity contribution in [1.82, 2.24) is 0 Å². The molecule has 0 saturated carbocycles. The molecule has 0 fully saturated rings. The molecule has 0 atom stereocenters. The Morgan fingerprint density at radius 1 is 1.27 bits per heavy atom. The van der Waals surface area contributed by atoms with Gasteiger partial charge in [-0.1, -0.05) is 12.1 Å². The van der Waals surface area contributed by atoms with E-state index in [2.05, 4.69) is 5.32 Å². The molecule has 2 rings (SSSR count). The normalized spacial score (nSPS) is 11.1. The summed E-state index contributed by atoms with van der Waals surface area (Å²) in [6.45, 7) is 0. The zero-order valence-corrected chi connectivity index (χ0v) is 14.2. The Morgan fingerprint density at radius 3 is 2.58 bits per heavy atom. The van der Waals surface area contributed by atoms with Crippen molar-refractivity contribution < 1.29 is 27.6 Å². The van der Waals surface area contributed by atoms with E-state index in [1.54, 1.807) is 24.3 Å². The van der Waals surface area contributed by atoms with Gasteiger partial charge in [-0.25, -0.2) is 0 Å². The summed E-state index contributed by atoms with van der Waals surface area (Å²) < 4.78 is 43.1. The van der Waals surface area contributed by atoms with Gasteiger partial charge in [-0.2, -0.15) is 13.2 Å². The molecule has 0 spiro atoms. The molecule has 0 saturated heterocycles. The largest absolute Gasteiger partial charge is 0.495 e. The lowest BCUT2D eigenvalue weighted by Gasteiger charge is -2.10. The van der Waals surface area contributed by atoms with E-state index in [4.69, 9.17) is 4.74 Å². The van der Waals surface area contributed by atoms with Crippen LogP contribution in [0.2, 0.25) is 0 Å². The quantitative estimate of drug-likeness (QED) is 0.453. The van der Waals surface area contributed by atoms with Gasteiger partial charge >= 0.3 is 6.18 Å². The van der Waals surface area contributed by atoms with Crippen molar-refractivity contribution in [2.45, 2.75) is 11.1 Å². The number of nitro groups is 1. The topological polar surface area (TPSA) is 81.5 Å². The minimum atomic E-state index is -4.69. The number of rotatable bonds is 6. The summed E-state index contributed by atoms with van der Waals surface area (Å²) in [4.78, 5) is 22.1. The number of carbonyl (C=O) groups is 1. The summed E-state index contributed by atoms with van der Waals surface area (Å²) in [5.74, 6) is -0.260. The average Bonchev–Trinajstić information content (AvgIpc) is 2.59. The first-order valence-electron chi connectivity index (χ1n) is 7.13. The predicted molar refractivity (Wildman–Crippen MR) is 90.4 cm³/mol. The molecule has 0 unspecified atom stereocenters. The molecule has 10 heteroatoms. The number of nitrogens with zero attached hydrogens (tertiary/aromatic N) is 1. The number of halogens is 3. The summed E-state index contributed by atoms with van der Waals surface area (Å²) in [5.41, 5.74) is -1.40. The Morgan fingerprint density at radius 2 is 1.96 bits per heavy atom. The number of nitrogens with one attached hydrogen (secondary N) is 1. The third-order valence-corrected chi connectivity index (χ3v) is 4.29. The first-order valence-corrected chi connectivity index (χ1v) is 8.12. The monoisotopic (exact) mass is 386 g/mol. The maximum Gasteiger partial charge on any atom is 0.416 e. The molecule has 138 valence electrons.